The Hall–Kier alpha value is -1.68. The van der Waals surface area contributed by atoms with Crippen molar-refractivity contribution in [1.29, 1.82) is 0 Å². The van der Waals surface area contributed by atoms with E-state index in [0.717, 1.165) is 24.8 Å². The van der Waals surface area contributed by atoms with Gasteiger partial charge in [0.05, 0.1) is 13.1 Å². The molecule has 1 aliphatic rings. The molecule has 0 spiro atoms. The molecule has 0 heterocycles. The highest BCUT2D eigenvalue weighted by atomic mass is 16.5. The molecule has 102 valence electrons. The molecule has 1 aromatic rings. The number of Topliss-reactive ketones (excluding diaryl/α,β-unsaturated/α-hetero) is 1. The second kappa shape index (κ2) is 7.04. The number of ether oxygens (including phenoxy) is 1. The van der Waals surface area contributed by atoms with E-state index in [1.807, 2.05) is 30.3 Å². The van der Waals surface area contributed by atoms with Crippen molar-refractivity contribution in [1.82, 2.24) is 5.32 Å². The van der Waals surface area contributed by atoms with E-state index in [0.29, 0.717) is 0 Å². The first-order valence-corrected chi connectivity index (χ1v) is 6.68. The number of hydrogen-bond donors (Lipinski definition) is 1. The van der Waals surface area contributed by atoms with Crippen molar-refractivity contribution in [3.8, 4) is 0 Å². The highest BCUT2D eigenvalue weighted by Gasteiger charge is 2.24. The summed E-state index contributed by atoms with van der Waals surface area (Å²) in [4.78, 5) is 23.0. The largest absolute Gasteiger partial charge is 0.460 e. The third-order valence-electron chi connectivity index (χ3n) is 3.37. The van der Waals surface area contributed by atoms with Gasteiger partial charge in [-0.3, -0.25) is 9.59 Å². The van der Waals surface area contributed by atoms with Crippen LogP contribution >= 0.6 is 0 Å². The summed E-state index contributed by atoms with van der Waals surface area (Å²) in [5.74, 6) is 0.0974. The SMILES string of the molecule is O=C(CNCC(=O)C1CCC1)OCc1ccccc1. The standard InChI is InChI=1S/C15H19NO3/c17-14(13-7-4-8-13)9-16-10-15(18)19-11-12-5-2-1-3-6-12/h1-3,5-6,13,16H,4,7-11H2. The Morgan fingerprint density at radius 2 is 1.89 bits per heavy atom. The van der Waals surface area contributed by atoms with E-state index in [-0.39, 0.29) is 37.4 Å². The smallest absolute Gasteiger partial charge is 0.320 e. The molecule has 1 aromatic carbocycles. The van der Waals surface area contributed by atoms with E-state index in [1.54, 1.807) is 0 Å². The Balaban J connectivity index is 1.58. The lowest BCUT2D eigenvalue weighted by Gasteiger charge is -2.23. The Morgan fingerprint density at radius 3 is 2.53 bits per heavy atom. The number of benzene rings is 1. The molecule has 19 heavy (non-hydrogen) atoms. The summed E-state index contributed by atoms with van der Waals surface area (Å²) in [6, 6.07) is 9.53. The van der Waals surface area contributed by atoms with Crippen LogP contribution in [0.25, 0.3) is 0 Å². The molecule has 1 N–H and O–H groups in total. The van der Waals surface area contributed by atoms with Crippen LogP contribution in [0.4, 0.5) is 0 Å². The predicted octanol–water partition coefficient (Wildman–Crippen LogP) is 1.69. The van der Waals surface area contributed by atoms with Crippen molar-refractivity contribution in [2.24, 2.45) is 5.92 Å². The first-order valence-electron chi connectivity index (χ1n) is 6.68. The molecule has 0 aliphatic heterocycles. The Bertz CT molecular complexity index is 426. The number of rotatable bonds is 7. The van der Waals surface area contributed by atoms with Crippen molar-refractivity contribution in [2.45, 2.75) is 25.9 Å². The van der Waals surface area contributed by atoms with Gasteiger partial charge in [0.2, 0.25) is 0 Å². The van der Waals surface area contributed by atoms with Crippen LogP contribution in [0.2, 0.25) is 0 Å². The predicted molar refractivity (Wildman–Crippen MR) is 71.5 cm³/mol. The van der Waals surface area contributed by atoms with Crippen LogP contribution in [0.5, 0.6) is 0 Å². The van der Waals surface area contributed by atoms with Crippen LogP contribution < -0.4 is 5.32 Å². The third kappa shape index (κ3) is 4.48. The van der Waals surface area contributed by atoms with Gasteiger partial charge in [0.1, 0.15) is 12.4 Å². The van der Waals surface area contributed by atoms with Crippen molar-refractivity contribution in [3.05, 3.63) is 35.9 Å². The van der Waals surface area contributed by atoms with Gasteiger partial charge in [-0.25, -0.2) is 0 Å². The number of carbonyl (C=O) groups excluding carboxylic acids is 2. The summed E-state index contributed by atoms with van der Waals surface area (Å²) in [5.41, 5.74) is 0.960. The number of carbonyl (C=O) groups is 2. The average Bonchev–Trinajstić information content (AvgIpc) is 2.35. The van der Waals surface area contributed by atoms with E-state index < -0.39 is 0 Å². The van der Waals surface area contributed by atoms with Gasteiger partial charge in [0.25, 0.3) is 0 Å². The van der Waals surface area contributed by atoms with E-state index in [4.69, 9.17) is 4.74 Å². The molecule has 1 aliphatic carbocycles. The molecule has 2 rings (SSSR count). The molecule has 0 aromatic heterocycles. The van der Waals surface area contributed by atoms with Crippen LogP contribution in [-0.2, 0) is 20.9 Å². The van der Waals surface area contributed by atoms with E-state index >= 15 is 0 Å². The number of ketones is 1. The fourth-order valence-electron chi connectivity index (χ4n) is 1.95. The molecule has 0 amide bonds. The molecule has 0 radical (unpaired) electrons. The maximum Gasteiger partial charge on any atom is 0.320 e. The van der Waals surface area contributed by atoms with Gasteiger partial charge in [0.15, 0.2) is 0 Å². The molecule has 0 atom stereocenters. The average molecular weight is 261 g/mol. The van der Waals surface area contributed by atoms with Gasteiger partial charge in [-0.1, -0.05) is 36.8 Å². The van der Waals surface area contributed by atoms with Crippen molar-refractivity contribution < 1.29 is 14.3 Å². The molecule has 1 saturated carbocycles. The molecule has 0 bridgehead atoms. The van der Waals surface area contributed by atoms with Crippen molar-refractivity contribution in [3.63, 3.8) is 0 Å². The van der Waals surface area contributed by atoms with Gasteiger partial charge in [-0.05, 0) is 18.4 Å². The van der Waals surface area contributed by atoms with Crippen molar-refractivity contribution >= 4 is 11.8 Å². The summed E-state index contributed by atoms with van der Waals surface area (Å²) in [6.45, 7) is 0.633. The zero-order valence-electron chi connectivity index (χ0n) is 10.9. The Kier molecular flexibility index (Phi) is 5.10. The molecule has 1 fully saturated rings. The Labute approximate surface area is 113 Å². The van der Waals surface area contributed by atoms with Gasteiger partial charge in [0, 0.05) is 5.92 Å². The van der Waals surface area contributed by atoms with Crippen molar-refractivity contribution in [2.75, 3.05) is 13.1 Å². The highest BCUT2D eigenvalue weighted by molar-refractivity contribution is 5.84. The zero-order valence-corrected chi connectivity index (χ0v) is 10.9. The first-order chi connectivity index (χ1) is 9.25. The normalized spacial score (nSPS) is 14.7. The third-order valence-corrected chi connectivity index (χ3v) is 3.37. The minimum absolute atomic E-state index is 0.0886. The second-order valence-electron chi connectivity index (χ2n) is 4.84. The van der Waals surface area contributed by atoms with E-state index in [1.165, 1.54) is 0 Å². The number of nitrogens with one attached hydrogen (secondary N) is 1. The minimum atomic E-state index is -0.328. The van der Waals surface area contributed by atoms with Gasteiger partial charge < -0.3 is 10.1 Å². The first kappa shape index (κ1) is 13.7. The van der Waals surface area contributed by atoms with Crippen LogP contribution in [-0.4, -0.2) is 24.8 Å². The second-order valence-corrected chi connectivity index (χ2v) is 4.84. The molecular weight excluding hydrogens is 242 g/mol. The van der Waals surface area contributed by atoms with Gasteiger partial charge >= 0.3 is 5.97 Å². The Morgan fingerprint density at radius 1 is 1.16 bits per heavy atom. The monoisotopic (exact) mass is 261 g/mol. The fraction of sp³-hybridized carbons (Fsp3) is 0.467. The van der Waals surface area contributed by atoms with Crippen LogP contribution in [0.1, 0.15) is 24.8 Å². The number of esters is 1. The molecule has 4 heteroatoms. The summed E-state index contributed by atoms with van der Waals surface area (Å²) in [6.07, 6.45) is 3.15. The summed E-state index contributed by atoms with van der Waals surface area (Å²) < 4.78 is 5.10. The lowest BCUT2D eigenvalue weighted by atomic mass is 9.82. The van der Waals surface area contributed by atoms with Crippen LogP contribution in [0.15, 0.2) is 30.3 Å². The summed E-state index contributed by atoms with van der Waals surface area (Å²) in [5, 5.41) is 2.85. The zero-order chi connectivity index (χ0) is 13.5. The fourth-order valence-corrected chi connectivity index (χ4v) is 1.95. The van der Waals surface area contributed by atoms with Crippen LogP contribution in [0, 0.1) is 5.92 Å². The molecule has 0 unspecified atom stereocenters. The van der Waals surface area contributed by atoms with E-state index in [2.05, 4.69) is 5.32 Å². The summed E-state index contributed by atoms with van der Waals surface area (Å²) in [7, 11) is 0. The highest BCUT2D eigenvalue weighted by Crippen LogP contribution is 2.26. The molecule has 0 saturated heterocycles. The summed E-state index contributed by atoms with van der Waals surface area (Å²) >= 11 is 0. The van der Waals surface area contributed by atoms with Crippen LogP contribution in [0.3, 0.4) is 0 Å². The maximum atomic E-state index is 11.6. The molecule has 4 nitrogen and oxygen atoms in total. The van der Waals surface area contributed by atoms with E-state index in [9.17, 15) is 9.59 Å². The topological polar surface area (TPSA) is 55.4 Å². The minimum Gasteiger partial charge on any atom is -0.460 e. The number of hydrogen-bond acceptors (Lipinski definition) is 4. The quantitative estimate of drug-likeness (QED) is 0.759. The lowest BCUT2D eigenvalue weighted by molar-refractivity contribution is -0.143. The lowest BCUT2D eigenvalue weighted by Crippen LogP contribution is -2.34. The molecular formula is C15H19NO3. The van der Waals surface area contributed by atoms with Gasteiger partial charge in [-0.2, -0.15) is 0 Å². The van der Waals surface area contributed by atoms with Gasteiger partial charge in [-0.15, -0.1) is 0 Å². The maximum absolute atomic E-state index is 11.6.